The lowest BCUT2D eigenvalue weighted by Gasteiger charge is -2.23. The summed E-state index contributed by atoms with van der Waals surface area (Å²) in [6.07, 6.45) is 0. The van der Waals surface area contributed by atoms with Gasteiger partial charge in [0, 0.05) is 16.1 Å². The Hall–Kier alpha value is -0.450. The minimum absolute atomic E-state index is 0.147. The van der Waals surface area contributed by atoms with E-state index in [0.29, 0.717) is 10.8 Å². The van der Waals surface area contributed by atoms with Crippen LogP contribution in [0.5, 0.6) is 5.75 Å². The summed E-state index contributed by atoms with van der Waals surface area (Å²) in [6.45, 7) is 3.76. The molecule has 0 spiro atoms. The summed E-state index contributed by atoms with van der Waals surface area (Å²) in [5, 5.41) is 0.497. The highest BCUT2D eigenvalue weighted by atomic mass is 35.7. The lowest BCUT2D eigenvalue weighted by atomic mass is 9.98. The molecule has 1 rings (SSSR count). The number of halogens is 2. The maximum atomic E-state index is 11.0. The minimum Gasteiger partial charge on any atom is -0.491 e. The molecule has 6 heteroatoms. The van der Waals surface area contributed by atoms with Crippen molar-refractivity contribution in [3.63, 3.8) is 0 Å². The third kappa shape index (κ3) is 5.61. The highest BCUT2D eigenvalue weighted by Crippen LogP contribution is 2.27. The number of benzene rings is 1. The molecule has 1 aromatic rings. The molecule has 3 nitrogen and oxygen atoms in total. The SMILES string of the molecule is CC(C)(COc1ccccc1Cl)CS(=O)(=O)Cl. The Morgan fingerprint density at radius 3 is 2.41 bits per heavy atom. The Kier molecular flexibility index (Phi) is 4.69. The van der Waals surface area contributed by atoms with E-state index in [2.05, 4.69) is 0 Å². The van der Waals surface area contributed by atoms with Crippen LogP contribution >= 0.6 is 22.3 Å². The Balaban J connectivity index is 2.65. The van der Waals surface area contributed by atoms with Crippen LogP contribution in [0, 0.1) is 5.41 Å². The summed E-state index contributed by atoms with van der Waals surface area (Å²) in [5.41, 5.74) is -0.570. The minimum atomic E-state index is -3.54. The third-order valence-corrected chi connectivity index (χ3v) is 3.78. The van der Waals surface area contributed by atoms with Crippen molar-refractivity contribution >= 4 is 31.3 Å². The van der Waals surface area contributed by atoms with Crippen LogP contribution in [0.1, 0.15) is 13.8 Å². The molecule has 1 aromatic carbocycles. The van der Waals surface area contributed by atoms with Gasteiger partial charge in [-0.05, 0) is 12.1 Å². The smallest absolute Gasteiger partial charge is 0.233 e. The van der Waals surface area contributed by atoms with Gasteiger partial charge in [-0.3, -0.25) is 0 Å². The number of hydrogen-bond acceptors (Lipinski definition) is 3. The fourth-order valence-electron chi connectivity index (χ4n) is 1.34. The Labute approximate surface area is 111 Å². The standard InChI is InChI=1S/C11H14Cl2O3S/c1-11(2,8-17(13,14)15)7-16-10-6-4-3-5-9(10)12/h3-6H,7-8H2,1-2H3. The highest BCUT2D eigenvalue weighted by molar-refractivity contribution is 8.13. The fourth-order valence-corrected chi connectivity index (χ4v) is 3.44. The van der Waals surface area contributed by atoms with Crippen LogP contribution < -0.4 is 4.74 Å². The van der Waals surface area contributed by atoms with Crippen LogP contribution in [0.15, 0.2) is 24.3 Å². The molecule has 0 saturated carbocycles. The fraction of sp³-hybridized carbons (Fsp3) is 0.455. The lowest BCUT2D eigenvalue weighted by molar-refractivity contribution is 0.200. The Morgan fingerprint density at radius 2 is 1.88 bits per heavy atom. The van der Waals surface area contributed by atoms with Gasteiger partial charge in [-0.1, -0.05) is 37.6 Å². The molecule has 0 saturated heterocycles. The van der Waals surface area contributed by atoms with E-state index in [0.717, 1.165) is 0 Å². The molecule has 0 N–H and O–H groups in total. The van der Waals surface area contributed by atoms with E-state index in [9.17, 15) is 8.42 Å². The molecule has 0 aromatic heterocycles. The molecule has 0 bridgehead atoms. The van der Waals surface area contributed by atoms with Gasteiger partial charge < -0.3 is 4.74 Å². The van der Waals surface area contributed by atoms with Gasteiger partial charge in [0.15, 0.2) is 0 Å². The average Bonchev–Trinajstić information content (AvgIpc) is 2.13. The maximum Gasteiger partial charge on any atom is 0.233 e. The number of para-hydroxylation sites is 1. The summed E-state index contributed by atoms with van der Waals surface area (Å²) in [6, 6.07) is 7.03. The number of ether oxygens (including phenoxy) is 1. The first-order chi connectivity index (χ1) is 7.70. The topological polar surface area (TPSA) is 43.4 Å². The Morgan fingerprint density at radius 1 is 1.29 bits per heavy atom. The predicted molar refractivity (Wildman–Crippen MR) is 70.4 cm³/mol. The summed E-state index contributed by atoms with van der Waals surface area (Å²) in [5.74, 6) is 0.389. The van der Waals surface area contributed by atoms with Crippen LogP contribution in [0.4, 0.5) is 0 Å². The molecule has 0 fully saturated rings. The second-order valence-corrected chi connectivity index (χ2v) is 7.75. The maximum absolute atomic E-state index is 11.0. The first-order valence-electron chi connectivity index (χ1n) is 4.99. The van der Waals surface area contributed by atoms with Crippen molar-refractivity contribution in [2.45, 2.75) is 13.8 Å². The lowest BCUT2D eigenvalue weighted by Crippen LogP contribution is -2.28. The molecule has 17 heavy (non-hydrogen) atoms. The summed E-state index contributed by atoms with van der Waals surface area (Å²) < 4.78 is 27.5. The molecule has 0 radical (unpaired) electrons. The van der Waals surface area contributed by atoms with Crippen molar-refractivity contribution in [3.05, 3.63) is 29.3 Å². The van der Waals surface area contributed by atoms with Crippen molar-refractivity contribution in [1.29, 1.82) is 0 Å². The van der Waals surface area contributed by atoms with Gasteiger partial charge in [0.25, 0.3) is 0 Å². The van der Waals surface area contributed by atoms with Crippen molar-refractivity contribution in [2.24, 2.45) is 5.41 Å². The van der Waals surface area contributed by atoms with Gasteiger partial charge in [-0.15, -0.1) is 0 Å². The monoisotopic (exact) mass is 296 g/mol. The Bertz CT molecular complexity index is 483. The normalized spacial score (nSPS) is 12.5. The highest BCUT2D eigenvalue weighted by Gasteiger charge is 2.26. The zero-order chi connectivity index (χ0) is 13.1. The van der Waals surface area contributed by atoms with Crippen LogP contribution in [0.25, 0.3) is 0 Å². The molecular weight excluding hydrogens is 283 g/mol. The molecule has 0 unspecified atom stereocenters. The quantitative estimate of drug-likeness (QED) is 0.783. The van der Waals surface area contributed by atoms with Crippen molar-refractivity contribution < 1.29 is 13.2 Å². The van der Waals surface area contributed by atoms with E-state index < -0.39 is 14.5 Å². The van der Waals surface area contributed by atoms with Crippen LogP contribution in [-0.2, 0) is 9.05 Å². The zero-order valence-corrected chi connectivity index (χ0v) is 11.9. The largest absolute Gasteiger partial charge is 0.491 e. The molecule has 0 aliphatic rings. The number of hydrogen-bond donors (Lipinski definition) is 0. The third-order valence-electron chi connectivity index (χ3n) is 2.02. The van der Waals surface area contributed by atoms with Gasteiger partial charge in [0.1, 0.15) is 5.75 Å². The van der Waals surface area contributed by atoms with Crippen molar-refractivity contribution in [1.82, 2.24) is 0 Å². The first kappa shape index (κ1) is 14.6. The van der Waals surface area contributed by atoms with Gasteiger partial charge in [-0.25, -0.2) is 8.42 Å². The average molecular weight is 297 g/mol. The van der Waals surface area contributed by atoms with E-state index in [1.807, 2.05) is 0 Å². The van der Waals surface area contributed by atoms with E-state index in [-0.39, 0.29) is 12.4 Å². The summed E-state index contributed by atoms with van der Waals surface area (Å²) in [4.78, 5) is 0. The molecule has 0 aliphatic heterocycles. The first-order valence-corrected chi connectivity index (χ1v) is 7.85. The molecule has 0 aliphatic carbocycles. The molecule has 0 heterocycles. The van der Waals surface area contributed by atoms with E-state index in [4.69, 9.17) is 27.0 Å². The van der Waals surface area contributed by atoms with Crippen LogP contribution in [-0.4, -0.2) is 20.8 Å². The van der Waals surface area contributed by atoms with Gasteiger partial charge in [0.05, 0.1) is 17.4 Å². The zero-order valence-electron chi connectivity index (χ0n) is 9.61. The molecular formula is C11H14Cl2O3S. The van der Waals surface area contributed by atoms with Crippen LogP contribution in [0.3, 0.4) is 0 Å². The summed E-state index contributed by atoms with van der Waals surface area (Å²) in [7, 11) is 1.68. The number of rotatable bonds is 5. The van der Waals surface area contributed by atoms with Gasteiger partial charge in [0.2, 0.25) is 9.05 Å². The van der Waals surface area contributed by atoms with Crippen LogP contribution in [0.2, 0.25) is 5.02 Å². The van der Waals surface area contributed by atoms with E-state index in [1.54, 1.807) is 38.1 Å². The molecule has 0 amide bonds. The second kappa shape index (κ2) is 5.46. The van der Waals surface area contributed by atoms with Crippen molar-refractivity contribution in [3.8, 4) is 5.75 Å². The predicted octanol–water partition coefficient (Wildman–Crippen LogP) is 3.31. The van der Waals surface area contributed by atoms with E-state index >= 15 is 0 Å². The summed E-state index contributed by atoms with van der Waals surface area (Å²) >= 11 is 5.92. The van der Waals surface area contributed by atoms with Crippen molar-refractivity contribution in [2.75, 3.05) is 12.4 Å². The molecule has 0 atom stereocenters. The van der Waals surface area contributed by atoms with Gasteiger partial charge >= 0.3 is 0 Å². The second-order valence-electron chi connectivity index (χ2n) is 4.57. The van der Waals surface area contributed by atoms with E-state index in [1.165, 1.54) is 0 Å². The van der Waals surface area contributed by atoms with Gasteiger partial charge in [-0.2, -0.15) is 0 Å². The molecule has 96 valence electrons.